The summed E-state index contributed by atoms with van der Waals surface area (Å²) < 4.78 is 27.1. The average Bonchev–Trinajstić information content (AvgIpc) is 3.12. The molecule has 37 heavy (non-hydrogen) atoms. The van der Waals surface area contributed by atoms with Crippen LogP contribution in [0.5, 0.6) is 0 Å². The summed E-state index contributed by atoms with van der Waals surface area (Å²) in [6.07, 6.45) is 11.7. The van der Waals surface area contributed by atoms with E-state index >= 15 is 0 Å². The molecule has 198 valence electrons. The number of allylic oxidation sites excluding steroid dienone is 8. The SMILES string of the molecule is C/C=C(\C)NC(=O)Cc1ccccc1.C=C(C)C.Cc1ccc(NS(=O)(=O)C2=CCC=CC=C2)cc1C. The Bertz CT molecular complexity index is 1260. The molecule has 0 aliphatic heterocycles. The second-order valence-corrected chi connectivity index (χ2v) is 10.6. The van der Waals surface area contributed by atoms with E-state index in [1.54, 1.807) is 24.3 Å². The standard InChI is InChI=1S/C15H17NO2S.C12H15NO.C4H8/c1-12-9-10-14(11-13(12)2)16-19(17,18)15-7-5-3-4-6-8-15;1-3-10(2)13-12(14)9-11-7-5-4-6-8-11;1-4(2)3/h3-5,7-11,16H,6H2,1-2H3;3-8H,9H2,1-2H3,(H,13,14);1H2,2-3H3/b;10-3+;. The summed E-state index contributed by atoms with van der Waals surface area (Å²) in [6.45, 7) is 15.2. The van der Waals surface area contributed by atoms with Gasteiger partial charge in [0.2, 0.25) is 5.91 Å². The monoisotopic (exact) mass is 520 g/mol. The van der Waals surface area contributed by atoms with E-state index in [4.69, 9.17) is 0 Å². The lowest BCUT2D eigenvalue weighted by Gasteiger charge is -2.10. The van der Waals surface area contributed by atoms with Gasteiger partial charge in [0.1, 0.15) is 0 Å². The fourth-order valence-electron chi connectivity index (χ4n) is 2.90. The maximum Gasteiger partial charge on any atom is 0.261 e. The number of hydrogen-bond donors (Lipinski definition) is 2. The quantitative estimate of drug-likeness (QED) is 0.393. The molecule has 0 bridgehead atoms. The highest BCUT2D eigenvalue weighted by molar-refractivity contribution is 7.96. The van der Waals surface area contributed by atoms with Crippen molar-refractivity contribution in [2.24, 2.45) is 0 Å². The first kappa shape index (κ1) is 31.4. The lowest BCUT2D eigenvalue weighted by Crippen LogP contribution is -2.22. The molecule has 0 unspecified atom stereocenters. The van der Waals surface area contributed by atoms with Crippen molar-refractivity contribution in [2.75, 3.05) is 4.72 Å². The number of aryl methyl sites for hydroxylation is 2. The zero-order chi connectivity index (χ0) is 27.8. The highest BCUT2D eigenvalue weighted by Gasteiger charge is 2.15. The topological polar surface area (TPSA) is 75.3 Å². The van der Waals surface area contributed by atoms with E-state index in [1.165, 1.54) is 5.57 Å². The van der Waals surface area contributed by atoms with Gasteiger partial charge in [-0.2, -0.15) is 0 Å². The largest absolute Gasteiger partial charge is 0.330 e. The van der Waals surface area contributed by atoms with Crippen molar-refractivity contribution >= 4 is 21.6 Å². The molecule has 0 spiro atoms. The zero-order valence-electron chi connectivity index (χ0n) is 22.8. The number of carbonyl (C=O) groups is 1. The molecule has 2 aromatic carbocycles. The predicted octanol–water partition coefficient (Wildman–Crippen LogP) is 7.30. The fourth-order valence-corrected chi connectivity index (χ4v) is 4.02. The lowest BCUT2D eigenvalue weighted by molar-refractivity contribution is -0.119. The normalized spacial score (nSPS) is 12.6. The first-order chi connectivity index (χ1) is 17.4. The molecule has 0 radical (unpaired) electrons. The molecule has 0 aromatic heterocycles. The molecule has 1 aliphatic rings. The summed E-state index contributed by atoms with van der Waals surface area (Å²) in [5.74, 6) is 0.0341. The van der Waals surface area contributed by atoms with Gasteiger partial charge in [0.15, 0.2) is 0 Å². The highest BCUT2D eigenvalue weighted by Crippen LogP contribution is 2.20. The maximum absolute atomic E-state index is 12.2. The van der Waals surface area contributed by atoms with E-state index in [2.05, 4.69) is 16.6 Å². The van der Waals surface area contributed by atoms with Gasteiger partial charge in [0.25, 0.3) is 10.0 Å². The molecule has 1 aliphatic carbocycles. The van der Waals surface area contributed by atoms with Crippen LogP contribution in [-0.2, 0) is 21.2 Å². The van der Waals surface area contributed by atoms with Crippen molar-refractivity contribution in [3.05, 3.63) is 124 Å². The Morgan fingerprint density at radius 3 is 2.24 bits per heavy atom. The van der Waals surface area contributed by atoms with Gasteiger partial charge in [-0.1, -0.05) is 72.4 Å². The van der Waals surface area contributed by atoms with E-state index < -0.39 is 10.0 Å². The summed E-state index contributed by atoms with van der Waals surface area (Å²) >= 11 is 0. The van der Waals surface area contributed by atoms with Gasteiger partial charge < -0.3 is 5.32 Å². The minimum absolute atomic E-state index is 0.0341. The molecular formula is C31H40N2O3S. The van der Waals surface area contributed by atoms with Crippen LogP contribution >= 0.6 is 0 Å². The number of anilines is 1. The Morgan fingerprint density at radius 2 is 1.65 bits per heavy atom. The van der Waals surface area contributed by atoms with E-state index in [0.717, 1.165) is 22.4 Å². The molecule has 0 fully saturated rings. The third-order valence-corrected chi connectivity index (χ3v) is 6.44. The molecule has 1 amide bonds. The molecule has 0 saturated carbocycles. The summed E-state index contributed by atoms with van der Waals surface area (Å²) in [6, 6.07) is 15.2. The van der Waals surface area contributed by atoms with Crippen molar-refractivity contribution in [1.29, 1.82) is 0 Å². The van der Waals surface area contributed by atoms with Gasteiger partial charge >= 0.3 is 0 Å². The van der Waals surface area contributed by atoms with Crippen LogP contribution < -0.4 is 10.0 Å². The van der Waals surface area contributed by atoms with Gasteiger partial charge in [0, 0.05) is 11.4 Å². The van der Waals surface area contributed by atoms with Gasteiger partial charge in [-0.15, -0.1) is 6.58 Å². The summed E-state index contributed by atoms with van der Waals surface area (Å²) in [7, 11) is -3.51. The van der Waals surface area contributed by atoms with Crippen LogP contribution in [0.1, 0.15) is 50.8 Å². The number of nitrogens with one attached hydrogen (secondary N) is 2. The van der Waals surface area contributed by atoms with Crippen LogP contribution in [0, 0.1) is 13.8 Å². The molecule has 3 rings (SSSR count). The molecule has 5 nitrogen and oxygen atoms in total. The van der Waals surface area contributed by atoms with Crippen molar-refractivity contribution in [1.82, 2.24) is 5.32 Å². The molecule has 6 heteroatoms. The first-order valence-corrected chi connectivity index (χ1v) is 13.6. The van der Waals surface area contributed by atoms with Crippen molar-refractivity contribution in [2.45, 2.75) is 54.4 Å². The summed E-state index contributed by atoms with van der Waals surface area (Å²) in [5, 5.41) is 2.80. The van der Waals surface area contributed by atoms with E-state index in [0.29, 0.717) is 23.4 Å². The second-order valence-electron chi connectivity index (χ2n) is 8.92. The third kappa shape index (κ3) is 13.3. The molecule has 0 atom stereocenters. The minimum Gasteiger partial charge on any atom is -0.330 e. The second kappa shape index (κ2) is 16.2. The molecule has 0 heterocycles. The third-order valence-electron chi connectivity index (χ3n) is 5.01. The average molecular weight is 521 g/mol. The van der Waals surface area contributed by atoms with Gasteiger partial charge in [-0.3, -0.25) is 9.52 Å². The summed E-state index contributed by atoms with van der Waals surface area (Å²) in [5.41, 5.74) is 5.89. The highest BCUT2D eigenvalue weighted by atomic mass is 32.2. The van der Waals surface area contributed by atoms with Crippen molar-refractivity contribution in [3.8, 4) is 0 Å². The lowest BCUT2D eigenvalue weighted by atomic mass is 10.1. The predicted molar refractivity (Wildman–Crippen MR) is 158 cm³/mol. The summed E-state index contributed by atoms with van der Waals surface area (Å²) in [4.78, 5) is 11.7. The van der Waals surface area contributed by atoms with Crippen LogP contribution in [0.4, 0.5) is 5.69 Å². The smallest absolute Gasteiger partial charge is 0.261 e. The Kier molecular flexibility index (Phi) is 13.7. The van der Waals surface area contributed by atoms with Crippen LogP contribution in [0.2, 0.25) is 0 Å². The molecule has 2 N–H and O–H groups in total. The van der Waals surface area contributed by atoms with E-state index in [9.17, 15) is 13.2 Å². The van der Waals surface area contributed by atoms with Gasteiger partial charge in [-0.25, -0.2) is 8.42 Å². The fraction of sp³-hybridized carbons (Fsp3) is 0.258. The van der Waals surface area contributed by atoms with Crippen molar-refractivity contribution in [3.63, 3.8) is 0 Å². The number of sulfonamides is 1. The Morgan fingerprint density at radius 1 is 1.00 bits per heavy atom. The minimum atomic E-state index is -3.51. The number of hydrogen-bond acceptors (Lipinski definition) is 3. The van der Waals surface area contributed by atoms with Crippen LogP contribution in [-0.4, -0.2) is 14.3 Å². The molecular weight excluding hydrogens is 480 g/mol. The molecule has 2 aromatic rings. The van der Waals surface area contributed by atoms with E-state index in [-0.39, 0.29) is 5.91 Å². The first-order valence-electron chi connectivity index (χ1n) is 12.2. The Balaban J connectivity index is 0.000000335. The van der Waals surface area contributed by atoms with Gasteiger partial charge in [-0.05, 0) is 82.9 Å². The van der Waals surface area contributed by atoms with Crippen molar-refractivity contribution < 1.29 is 13.2 Å². The Labute approximate surface area is 223 Å². The number of benzene rings is 2. The number of amides is 1. The maximum atomic E-state index is 12.2. The molecule has 0 saturated heterocycles. The Hall–Kier alpha value is -3.64. The van der Waals surface area contributed by atoms with Crippen LogP contribution in [0.3, 0.4) is 0 Å². The zero-order valence-corrected chi connectivity index (χ0v) is 23.7. The van der Waals surface area contributed by atoms with Gasteiger partial charge in [0.05, 0.1) is 11.3 Å². The van der Waals surface area contributed by atoms with E-state index in [1.807, 2.05) is 102 Å². The van der Waals surface area contributed by atoms with Crippen LogP contribution in [0.15, 0.2) is 108 Å². The number of rotatable bonds is 6. The number of carbonyl (C=O) groups excluding carboxylic acids is 1. The van der Waals surface area contributed by atoms with Crippen LogP contribution in [0.25, 0.3) is 0 Å².